The van der Waals surface area contributed by atoms with E-state index in [2.05, 4.69) is 47.9 Å². The summed E-state index contributed by atoms with van der Waals surface area (Å²) in [6.07, 6.45) is 0. The molecule has 0 aliphatic rings. The van der Waals surface area contributed by atoms with Crippen LogP contribution in [-0.2, 0) is 17.9 Å². The van der Waals surface area contributed by atoms with E-state index < -0.39 is 0 Å². The molecule has 0 spiro atoms. The maximum Gasteiger partial charge on any atom is 0.216 e. The van der Waals surface area contributed by atoms with Crippen molar-refractivity contribution >= 4 is 17.5 Å². The Bertz CT molecular complexity index is 990. The van der Waals surface area contributed by atoms with Crippen LogP contribution in [0.25, 0.3) is 11.1 Å². The lowest BCUT2D eigenvalue weighted by molar-refractivity contribution is -0.118. The molecule has 0 radical (unpaired) electrons. The molecule has 0 unspecified atom stereocenters. The van der Waals surface area contributed by atoms with E-state index in [1.54, 1.807) is 0 Å². The van der Waals surface area contributed by atoms with Crippen molar-refractivity contribution < 1.29 is 9.53 Å². The van der Waals surface area contributed by atoms with Crippen LogP contribution in [0, 0.1) is 6.92 Å². The first-order valence-electron chi connectivity index (χ1n) is 10.0. The van der Waals surface area contributed by atoms with E-state index in [0.717, 1.165) is 11.1 Å². The van der Waals surface area contributed by atoms with Gasteiger partial charge in [-0.15, -0.1) is 0 Å². The molecular formula is C25H27ClN2O2. The van der Waals surface area contributed by atoms with Gasteiger partial charge in [-0.05, 0) is 46.9 Å². The average molecular weight is 423 g/mol. The molecule has 3 rings (SSSR count). The highest BCUT2D eigenvalue weighted by atomic mass is 35.5. The average Bonchev–Trinajstić information content (AvgIpc) is 2.74. The monoisotopic (exact) mass is 422 g/mol. The summed E-state index contributed by atoms with van der Waals surface area (Å²) in [4.78, 5) is 10.9. The standard InChI is InChI=1S/C25H27ClN2O2/c1-18-22(9-6-10-23(18)21-7-4-3-5-8-21)17-30-25-12-11-20(15-24(25)26)16-27-13-14-28-19(2)29/h3-12,15,27H,13-14,16-17H2,1-2H3,(H,28,29). The topological polar surface area (TPSA) is 50.4 Å². The third-order valence-electron chi connectivity index (χ3n) is 4.92. The molecule has 3 aromatic carbocycles. The molecule has 0 fully saturated rings. The molecule has 3 aromatic rings. The molecular weight excluding hydrogens is 396 g/mol. The van der Waals surface area contributed by atoms with Crippen molar-refractivity contribution in [3.8, 4) is 16.9 Å². The Kier molecular flexibility index (Phi) is 7.89. The number of hydrogen-bond acceptors (Lipinski definition) is 3. The van der Waals surface area contributed by atoms with Crippen LogP contribution in [0.4, 0.5) is 0 Å². The molecule has 156 valence electrons. The summed E-state index contributed by atoms with van der Waals surface area (Å²) >= 11 is 6.43. The van der Waals surface area contributed by atoms with Crippen molar-refractivity contribution in [3.63, 3.8) is 0 Å². The number of amides is 1. The lowest BCUT2D eigenvalue weighted by Gasteiger charge is -2.14. The minimum Gasteiger partial charge on any atom is -0.487 e. The molecule has 0 saturated heterocycles. The molecule has 5 heteroatoms. The van der Waals surface area contributed by atoms with Gasteiger partial charge in [0, 0.05) is 26.6 Å². The first kappa shape index (κ1) is 21.9. The second-order valence-electron chi connectivity index (χ2n) is 7.17. The van der Waals surface area contributed by atoms with Crippen molar-refractivity contribution in [2.75, 3.05) is 13.1 Å². The van der Waals surface area contributed by atoms with Crippen LogP contribution in [0.3, 0.4) is 0 Å². The van der Waals surface area contributed by atoms with E-state index in [-0.39, 0.29) is 5.91 Å². The second kappa shape index (κ2) is 10.8. The molecule has 1 amide bonds. The summed E-state index contributed by atoms with van der Waals surface area (Å²) in [7, 11) is 0. The fraction of sp³-hybridized carbons (Fsp3) is 0.240. The minimum absolute atomic E-state index is 0.0223. The van der Waals surface area contributed by atoms with Crippen molar-refractivity contribution in [3.05, 3.63) is 88.4 Å². The summed E-state index contributed by atoms with van der Waals surface area (Å²) in [6.45, 7) is 6.08. The SMILES string of the molecule is CC(=O)NCCNCc1ccc(OCc2cccc(-c3ccccc3)c2C)c(Cl)c1. The molecule has 0 aliphatic heterocycles. The Morgan fingerprint density at radius 1 is 1.00 bits per heavy atom. The van der Waals surface area contributed by atoms with Crippen molar-refractivity contribution in [1.29, 1.82) is 0 Å². The third-order valence-corrected chi connectivity index (χ3v) is 5.21. The second-order valence-corrected chi connectivity index (χ2v) is 7.58. The maximum atomic E-state index is 10.9. The lowest BCUT2D eigenvalue weighted by Crippen LogP contribution is -2.29. The summed E-state index contributed by atoms with van der Waals surface area (Å²) in [5, 5.41) is 6.62. The molecule has 0 aliphatic carbocycles. The van der Waals surface area contributed by atoms with Crippen LogP contribution in [0.5, 0.6) is 5.75 Å². The number of rotatable bonds is 9. The predicted octanol–water partition coefficient (Wildman–Crippen LogP) is 5.12. The Morgan fingerprint density at radius 3 is 2.53 bits per heavy atom. The Morgan fingerprint density at radius 2 is 1.80 bits per heavy atom. The number of benzene rings is 3. The number of ether oxygens (including phenoxy) is 1. The van der Waals surface area contributed by atoms with E-state index in [1.165, 1.54) is 23.6 Å². The Hall–Kier alpha value is -2.82. The van der Waals surface area contributed by atoms with Crippen molar-refractivity contribution in [2.24, 2.45) is 0 Å². The van der Waals surface area contributed by atoms with Gasteiger partial charge in [0.25, 0.3) is 0 Å². The molecule has 0 heterocycles. The maximum absolute atomic E-state index is 10.9. The van der Waals surface area contributed by atoms with Gasteiger partial charge in [-0.3, -0.25) is 4.79 Å². The van der Waals surface area contributed by atoms with Crippen LogP contribution in [0.15, 0.2) is 66.7 Å². The summed E-state index contributed by atoms with van der Waals surface area (Å²) in [5.41, 5.74) is 5.82. The Balaban J connectivity index is 1.59. The van der Waals surface area contributed by atoms with Crippen molar-refractivity contribution in [1.82, 2.24) is 10.6 Å². The molecule has 2 N–H and O–H groups in total. The van der Waals surface area contributed by atoms with Crippen LogP contribution in [0.1, 0.15) is 23.6 Å². The van der Waals surface area contributed by atoms with E-state index in [4.69, 9.17) is 16.3 Å². The van der Waals surface area contributed by atoms with E-state index in [9.17, 15) is 4.79 Å². The quantitative estimate of drug-likeness (QED) is 0.470. The fourth-order valence-corrected chi connectivity index (χ4v) is 3.51. The molecule has 0 aromatic heterocycles. The number of hydrogen-bond donors (Lipinski definition) is 2. The third kappa shape index (κ3) is 6.09. The summed E-state index contributed by atoms with van der Waals surface area (Å²) < 4.78 is 6.02. The largest absolute Gasteiger partial charge is 0.487 e. The van der Waals surface area contributed by atoms with Gasteiger partial charge in [-0.1, -0.05) is 66.2 Å². The van der Waals surface area contributed by atoms with Crippen molar-refractivity contribution in [2.45, 2.75) is 27.0 Å². The molecule has 4 nitrogen and oxygen atoms in total. The first-order valence-corrected chi connectivity index (χ1v) is 10.4. The summed E-state index contributed by atoms with van der Waals surface area (Å²) in [5.74, 6) is 0.647. The zero-order valence-electron chi connectivity index (χ0n) is 17.4. The van der Waals surface area contributed by atoms with Crippen LogP contribution in [0.2, 0.25) is 5.02 Å². The Labute approximate surface area is 183 Å². The van der Waals surface area contributed by atoms with Gasteiger partial charge in [-0.25, -0.2) is 0 Å². The molecule has 30 heavy (non-hydrogen) atoms. The van der Waals surface area contributed by atoms with Gasteiger partial charge < -0.3 is 15.4 Å². The zero-order valence-corrected chi connectivity index (χ0v) is 18.1. The number of carbonyl (C=O) groups excluding carboxylic acids is 1. The zero-order chi connectivity index (χ0) is 21.3. The summed E-state index contributed by atoms with van der Waals surface area (Å²) in [6, 6.07) is 22.5. The normalized spacial score (nSPS) is 10.6. The lowest BCUT2D eigenvalue weighted by atomic mass is 9.97. The van der Waals surface area contributed by atoms with Gasteiger partial charge in [-0.2, -0.15) is 0 Å². The van der Waals surface area contributed by atoms with E-state index in [1.807, 2.05) is 36.4 Å². The molecule has 0 bridgehead atoms. The van der Waals surface area contributed by atoms with Gasteiger partial charge in [0.1, 0.15) is 12.4 Å². The number of nitrogens with one attached hydrogen (secondary N) is 2. The fourth-order valence-electron chi connectivity index (χ4n) is 3.26. The highest BCUT2D eigenvalue weighted by Crippen LogP contribution is 2.29. The minimum atomic E-state index is -0.0223. The number of halogens is 1. The van der Waals surface area contributed by atoms with Crippen LogP contribution >= 0.6 is 11.6 Å². The van der Waals surface area contributed by atoms with Gasteiger partial charge in [0.15, 0.2) is 0 Å². The van der Waals surface area contributed by atoms with Crippen LogP contribution < -0.4 is 15.4 Å². The smallest absolute Gasteiger partial charge is 0.216 e. The van der Waals surface area contributed by atoms with Crippen LogP contribution in [-0.4, -0.2) is 19.0 Å². The highest BCUT2D eigenvalue weighted by Gasteiger charge is 2.08. The first-order chi connectivity index (χ1) is 14.5. The van der Waals surface area contributed by atoms with E-state index >= 15 is 0 Å². The van der Waals surface area contributed by atoms with Gasteiger partial charge >= 0.3 is 0 Å². The number of carbonyl (C=O) groups is 1. The highest BCUT2D eigenvalue weighted by molar-refractivity contribution is 6.32. The van der Waals surface area contributed by atoms with Gasteiger partial charge in [0.05, 0.1) is 5.02 Å². The molecule has 0 atom stereocenters. The van der Waals surface area contributed by atoms with E-state index in [0.29, 0.717) is 37.0 Å². The predicted molar refractivity (Wildman–Crippen MR) is 123 cm³/mol. The van der Waals surface area contributed by atoms with Gasteiger partial charge in [0.2, 0.25) is 5.91 Å². The molecule has 0 saturated carbocycles.